The molecule has 8 aromatic carbocycles. The molecule has 0 aliphatic carbocycles. The summed E-state index contributed by atoms with van der Waals surface area (Å²) in [7, 11) is -2.79. The second kappa shape index (κ2) is 15.4. The summed E-state index contributed by atoms with van der Waals surface area (Å²) < 4.78 is 0. The predicted octanol–water partition coefficient (Wildman–Crippen LogP) is 10.6. The van der Waals surface area contributed by atoms with Crippen LogP contribution in [0.3, 0.4) is 0 Å². The van der Waals surface area contributed by atoms with Crippen molar-refractivity contribution in [2.24, 2.45) is 0 Å². The lowest BCUT2D eigenvalue weighted by Gasteiger charge is -2.31. The van der Waals surface area contributed by atoms with E-state index < -0.39 is 8.07 Å². The molecule has 10 aromatic rings. The lowest BCUT2D eigenvalue weighted by molar-refractivity contribution is 1.18. The van der Waals surface area contributed by atoms with E-state index in [1.54, 1.807) is 0 Å². The van der Waals surface area contributed by atoms with E-state index in [1.807, 2.05) is 48.5 Å². The van der Waals surface area contributed by atoms with Crippen molar-refractivity contribution in [1.29, 1.82) is 0 Å². The number of hydrogen-bond donors (Lipinski definition) is 0. The highest BCUT2D eigenvalue weighted by molar-refractivity contribution is 7.22. The Labute approximate surface area is 356 Å². The smallest absolute Gasteiger partial charge is 0.180 e. The van der Waals surface area contributed by atoms with Gasteiger partial charge in [0.15, 0.2) is 19.7 Å². The summed E-state index contributed by atoms with van der Waals surface area (Å²) in [5.41, 5.74) is 12.1. The van der Waals surface area contributed by atoms with Crippen LogP contribution in [0.1, 0.15) is 0 Å². The number of rotatable bonds is 8. The Kier molecular flexibility index (Phi) is 9.14. The quantitative estimate of drug-likeness (QED) is 0.144. The lowest BCUT2D eigenvalue weighted by atomic mass is 9.98. The molecule has 0 saturated carbocycles. The molecule has 0 bridgehead atoms. The summed E-state index contributed by atoms with van der Waals surface area (Å²) >= 11 is 0. The van der Waals surface area contributed by atoms with E-state index in [-0.39, 0.29) is 0 Å². The minimum absolute atomic E-state index is 0.699. The van der Waals surface area contributed by atoms with Gasteiger partial charge < -0.3 is 0 Å². The maximum atomic E-state index is 5.26. The zero-order chi connectivity index (χ0) is 40.6. The third kappa shape index (κ3) is 6.49. The van der Waals surface area contributed by atoms with Crippen LogP contribution < -0.4 is 20.7 Å². The van der Waals surface area contributed by atoms with Gasteiger partial charge in [0.2, 0.25) is 0 Å². The van der Waals surface area contributed by atoms with Crippen LogP contribution in [0.25, 0.3) is 78.9 Å². The number of hydrogen-bond acceptors (Lipinski definition) is 4. The van der Waals surface area contributed by atoms with Gasteiger partial charge in [-0.05, 0) is 56.1 Å². The molecule has 286 valence electrons. The van der Waals surface area contributed by atoms with E-state index in [1.165, 1.54) is 31.9 Å². The van der Waals surface area contributed by atoms with Crippen molar-refractivity contribution in [2.75, 3.05) is 0 Å². The van der Waals surface area contributed by atoms with Crippen LogP contribution in [0.2, 0.25) is 0 Å². The van der Waals surface area contributed by atoms with E-state index in [0.29, 0.717) is 11.6 Å². The minimum Gasteiger partial charge on any atom is -0.228 e. The molecule has 0 spiro atoms. The van der Waals surface area contributed by atoms with Crippen molar-refractivity contribution < 1.29 is 0 Å². The second-order valence-electron chi connectivity index (χ2n) is 15.4. The van der Waals surface area contributed by atoms with Gasteiger partial charge in [-0.15, -0.1) is 0 Å². The van der Waals surface area contributed by atoms with Crippen molar-refractivity contribution in [3.63, 3.8) is 0 Å². The van der Waals surface area contributed by atoms with Crippen LogP contribution in [0.15, 0.2) is 231 Å². The monoisotopic (exact) mass is 794 g/mol. The van der Waals surface area contributed by atoms with Gasteiger partial charge in [0, 0.05) is 33.4 Å². The van der Waals surface area contributed by atoms with Crippen LogP contribution in [0, 0.1) is 0 Å². The Morgan fingerprint density at radius 1 is 0.246 bits per heavy atom. The van der Waals surface area contributed by atoms with E-state index in [2.05, 4.69) is 182 Å². The third-order valence-electron chi connectivity index (χ3n) is 11.8. The highest BCUT2D eigenvalue weighted by Crippen LogP contribution is 2.37. The molecule has 0 radical (unpaired) electrons. The van der Waals surface area contributed by atoms with E-state index in [9.17, 15) is 0 Å². The SMILES string of the molecule is c1ccc(-c2cc(-c3ccc4c(c3)-c3cc(-c5cc(-c6ccccc6)nc(-c6ccccc6)n5)ccc3[Si]4(c3ccccc3)c3ccccc3)nc(-c3ccccc3)n2)cc1. The fourth-order valence-corrected chi connectivity index (χ4v) is 14.1. The largest absolute Gasteiger partial charge is 0.228 e. The summed E-state index contributed by atoms with van der Waals surface area (Å²) in [5.74, 6) is 1.40. The fraction of sp³-hybridized carbons (Fsp3) is 0. The van der Waals surface area contributed by atoms with E-state index >= 15 is 0 Å². The Morgan fingerprint density at radius 2 is 0.541 bits per heavy atom. The molecule has 1 aliphatic rings. The highest BCUT2D eigenvalue weighted by atomic mass is 28.3. The number of aromatic nitrogens is 4. The molecule has 0 unspecified atom stereocenters. The second-order valence-corrected chi connectivity index (χ2v) is 19.1. The van der Waals surface area contributed by atoms with Crippen LogP contribution in [-0.4, -0.2) is 28.0 Å². The van der Waals surface area contributed by atoms with Gasteiger partial charge in [-0.2, -0.15) is 0 Å². The molecule has 0 N–H and O–H groups in total. The molecule has 4 nitrogen and oxygen atoms in total. The van der Waals surface area contributed by atoms with Gasteiger partial charge in [-0.1, -0.05) is 206 Å². The first-order chi connectivity index (χ1) is 30.2. The number of benzene rings is 8. The van der Waals surface area contributed by atoms with Crippen LogP contribution in [-0.2, 0) is 0 Å². The van der Waals surface area contributed by atoms with Crippen molar-refractivity contribution in [2.45, 2.75) is 0 Å². The van der Waals surface area contributed by atoms with Crippen molar-refractivity contribution in [3.05, 3.63) is 231 Å². The zero-order valence-corrected chi connectivity index (χ0v) is 34.2. The summed E-state index contributed by atoms with van der Waals surface area (Å²) in [5, 5.41) is 5.42. The number of nitrogens with zero attached hydrogens (tertiary/aromatic N) is 4. The fourth-order valence-electron chi connectivity index (χ4n) is 8.95. The Balaban J connectivity index is 1.16. The molecule has 0 amide bonds. The minimum atomic E-state index is -2.79. The summed E-state index contributed by atoms with van der Waals surface area (Å²) in [6.45, 7) is 0. The van der Waals surface area contributed by atoms with Gasteiger partial charge in [0.05, 0.1) is 22.8 Å². The van der Waals surface area contributed by atoms with Crippen LogP contribution >= 0.6 is 0 Å². The van der Waals surface area contributed by atoms with Crippen molar-refractivity contribution in [1.82, 2.24) is 19.9 Å². The Bertz CT molecular complexity index is 2830. The van der Waals surface area contributed by atoms with E-state index in [4.69, 9.17) is 19.9 Å². The van der Waals surface area contributed by atoms with Gasteiger partial charge in [-0.25, -0.2) is 19.9 Å². The average molecular weight is 795 g/mol. The van der Waals surface area contributed by atoms with Gasteiger partial charge >= 0.3 is 0 Å². The number of fused-ring (bicyclic) bond motifs is 3. The molecule has 3 heterocycles. The molecule has 5 heteroatoms. The predicted molar refractivity (Wildman–Crippen MR) is 253 cm³/mol. The van der Waals surface area contributed by atoms with Crippen molar-refractivity contribution in [3.8, 4) is 78.9 Å². The summed E-state index contributed by atoms with van der Waals surface area (Å²) in [4.78, 5) is 20.7. The van der Waals surface area contributed by atoms with Gasteiger partial charge in [-0.3, -0.25) is 0 Å². The molecule has 0 fully saturated rings. The first-order valence-electron chi connectivity index (χ1n) is 20.6. The van der Waals surface area contributed by atoms with Crippen molar-refractivity contribution >= 4 is 28.8 Å². The van der Waals surface area contributed by atoms with Gasteiger partial charge in [0.25, 0.3) is 0 Å². The van der Waals surface area contributed by atoms with E-state index in [0.717, 1.165) is 56.2 Å². The topological polar surface area (TPSA) is 51.6 Å². The Hall–Kier alpha value is -7.86. The highest BCUT2D eigenvalue weighted by Gasteiger charge is 2.48. The first-order valence-corrected chi connectivity index (χ1v) is 22.6. The molecule has 2 aromatic heterocycles. The summed E-state index contributed by atoms with van der Waals surface area (Å²) in [6, 6.07) is 81.9. The Morgan fingerprint density at radius 3 is 0.885 bits per heavy atom. The van der Waals surface area contributed by atoms with Crippen LogP contribution in [0.5, 0.6) is 0 Å². The molecule has 0 atom stereocenters. The van der Waals surface area contributed by atoms with Crippen LogP contribution in [0.4, 0.5) is 0 Å². The normalized spacial score (nSPS) is 12.4. The van der Waals surface area contributed by atoms with Gasteiger partial charge in [0.1, 0.15) is 0 Å². The maximum Gasteiger partial charge on any atom is 0.180 e. The standard InChI is InChI=1S/C56H38N4Si/c1-7-19-39(20-8-1)49-37-51(59-55(57-49)41-23-11-3-12-24-41)43-31-33-53-47(35-43)48-36-44(32-34-54(48)61(53,45-27-15-5-16-28-45)46-29-17-6-18-30-46)52-38-50(40-21-9-2-10-22-40)58-56(60-52)42-25-13-4-14-26-42/h1-38H. The lowest BCUT2D eigenvalue weighted by Crippen LogP contribution is -2.72. The maximum absolute atomic E-state index is 5.26. The average Bonchev–Trinajstić information content (AvgIpc) is 3.65. The third-order valence-corrected chi connectivity index (χ3v) is 16.7. The molecule has 61 heavy (non-hydrogen) atoms. The molecule has 1 aliphatic heterocycles. The zero-order valence-electron chi connectivity index (χ0n) is 33.2. The molecular weight excluding hydrogens is 757 g/mol. The first kappa shape index (κ1) is 36.2. The summed E-state index contributed by atoms with van der Waals surface area (Å²) in [6.07, 6.45) is 0. The molecule has 11 rings (SSSR count). The molecule has 0 saturated heterocycles. The molecular formula is C56H38N4Si.